The molecule has 1 aliphatic rings. The van der Waals surface area contributed by atoms with Crippen molar-refractivity contribution in [1.29, 1.82) is 0 Å². The lowest BCUT2D eigenvalue weighted by molar-refractivity contribution is -0.385. The van der Waals surface area contributed by atoms with Gasteiger partial charge in [-0.15, -0.1) is 0 Å². The predicted octanol–water partition coefficient (Wildman–Crippen LogP) is 2.99. The molecule has 0 saturated heterocycles. The monoisotopic (exact) mass is 316 g/mol. The average molecular weight is 316 g/mol. The summed E-state index contributed by atoms with van der Waals surface area (Å²) in [6.45, 7) is 0.590. The molecule has 0 amide bonds. The van der Waals surface area contributed by atoms with Gasteiger partial charge < -0.3 is 5.32 Å². The quantitative estimate of drug-likeness (QED) is 0.502. The van der Waals surface area contributed by atoms with Crippen LogP contribution in [0.3, 0.4) is 0 Å². The number of pyridine rings is 1. The summed E-state index contributed by atoms with van der Waals surface area (Å²) in [7, 11) is 0. The summed E-state index contributed by atoms with van der Waals surface area (Å²) in [5.74, 6) is 0.847. The van der Waals surface area contributed by atoms with Crippen molar-refractivity contribution in [2.75, 3.05) is 11.9 Å². The van der Waals surface area contributed by atoms with Gasteiger partial charge in [-0.1, -0.05) is 31.7 Å². The Morgan fingerprint density at radius 1 is 1.35 bits per heavy atom. The molecule has 7 heteroatoms. The van der Waals surface area contributed by atoms with E-state index in [1.54, 1.807) is 18.2 Å². The molecule has 0 aliphatic heterocycles. The second-order valence-electron chi connectivity index (χ2n) is 6.02. The number of hydrogen-bond acceptors (Lipinski definition) is 5. The van der Waals surface area contributed by atoms with Crippen molar-refractivity contribution in [2.24, 2.45) is 5.92 Å². The first-order valence-electron chi connectivity index (χ1n) is 8.06. The summed E-state index contributed by atoms with van der Waals surface area (Å²) in [5, 5.41) is 14.2. The standard InChI is InChI=1S/C16H20N4O3/c21-16-14(20(22)23)15(18-13-9-3-4-11-19(13)16)17-10-5-8-12-6-1-2-7-12/h3-4,9,11-12,17H,1-2,5-8,10H2. The van der Waals surface area contributed by atoms with Gasteiger partial charge in [-0.3, -0.25) is 19.3 Å². The molecule has 3 rings (SSSR count). The number of hydrogen-bond donors (Lipinski definition) is 1. The van der Waals surface area contributed by atoms with Crippen molar-refractivity contribution in [1.82, 2.24) is 9.38 Å². The van der Waals surface area contributed by atoms with Crippen LogP contribution in [0, 0.1) is 16.0 Å². The third kappa shape index (κ3) is 3.33. The lowest BCUT2D eigenvalue weighted by Gasteiger charge is -2.10. The summed E-state index contributed by atoms with van der Waals surface area (Å²) in [4.78, 5) is 27.1. The fourth-order valence-corrected chi connectivity index (χ4v) is 3.26. The third-order valence-corrected chi connectivity index (χ3v) is 4.45. The number of fused-ring (bicyclic) bond motifs is 1. The Kier molecular flexibility index (Phi) is 4.55. The minimum atomic E-state index is -0.659. The van der Waals surface area contributed by atoms with Gasteiger partial charge in [0, 0.05) is 12.7 Å². The van der Waals surface area contributed by atoms with E-state index in [1.165, 1.54) is 36.3 Å². The van der Waals surface area contributed by atoms with Crippen LogP contribution in [-0.4, -0.2) is 20.9 Å². The van der Waals surface area contributed by atoms with E-state index < -0.39 is 16.2 Å². The number of nitro groups is 1. The minimum Gasteiger partial charge on any atom is -0.364 e. The lowest BCUT2D eigenvalue weighted by atomic mass is 10.0. The van der Waals surface area contributed by atoms with Crippen LogP contribution in [-0.2, 0) is 0 Å². The zero-order valence-electron chi connectivity index (χ0n) is 12.9. The molecule has 0 aromatic carbocycles. The summed E-state index contributed by atoms with van der Waals surface area (Å²) in [6.07, 6.45) is 8.73. The van der Waals surface area contributed by atoms with E-state index >= 15 is 0 Å². The van der Waals surface area contributed by atoms with Crippen molar-refractivity contribution in [3.63, 3.8) is 0 Å². The molecule has 0 spiro atoms. The first-order chi connectivity index (χ1) is 11.2. The Morgan fingerprint density at radius 3 is 2.87 bits per heavy atom. The number of aromatic nitrogens is 2. The second kappa shape index (κ2) is 6.76. The molecule has 0 radical (unpaired) electrons. The van der Waals surface area contributed by atoms with Gasteiger partial charge in [0.15, 0.2) is 0 Å². The number of anilines is 1. The molecule has 1 aliphatic carbocycles. The van der Waals surface area contributed by atoms with Crippen LogP contribution >= 0.6 is 0 Å². The van der Waals surface area contributed by atoms with Crippen LogP contribution in [0.1, 0.15) is 38.5 Å². The third-order valence-electron chi connectivity index (χ3n) is 4.45. The predicted molar refractivity (Wildman–Crippen MR) is 87.8 cm³/mol. The van der Waals surface area contributed by atoms with Crippen molar-refractivity contribution < 1.29 is 4.92 Å². The maximum Gasteiger partial charge on any atom is 0.376 e. The molecule has 2 aromatic rings. The molecule has 0 atom stereocenters. The number of nitrogens with one attached hydrogen (secondary N) is 1. The van der Waals surface area contributed by atoms with Crippen molar-refractivity contribution in [3.05, 3.63) is 44.9 Å². The van der Waals surface area contributed by atoms with Gasteiger partial charge in [0.05, 0.1) is 4.92 Å². The highest BCUT2D eigenvalue weighted by molar-refractivity contribution is 5.59. The molecule has 0 unspecified atom stereocenters. The smallest absolute Gasteiger partial charge is 0.364 e. The molecule has 7 nitrogen and oxygen atoms in total. The maximum absolute atomic E-state index is 12.3. The fraction of sp³-hybridized carbons (Fsp3) is 0.500. The van der Waals surface area contributed by atoms with E-state index in [0.717, 1.165) is 18.8 Å². The second-order valence-corrected chi connectivity index (χ2v) is 6.02. The molecule has 1 N–H and O–H groups in total. The minimum absolute atomic E-state index is 0.0672. The average Bonchev–Trinajstić information content (AvgIpc) is 3.04. The highest BCUT2D eigenvalue weighted by Gasteiger charge is 2.23. The molecular weight excluding hydrogens is 296 g/mol. The molecule has 1 saturated carbocycles. The molecular formula is C16H20N4O3. The van der Waals surface area contributed by atoms with Crippen molar-refractivity contribution in [3.8, 4) is 0 Å². The van der Waals surface area contributed by atoms with Gasteiger partial charge >= 0.3 is 11.2 Å². The summed E-state index contributed by atoms with van der Waals surface area (Å²) in [5.41, 5.74) is -0.741. The Bertz CT molecular complexity index is 765. The molecule has 0 bridgehead atoms. The van der Waals surface area contributed by atoms with E-state index in [-0.39, 0.29) is 5.82 Å². The summed E-state index contributed by atoms with van der Waals surface area (Å²) < 4.78 is 1.20. The van der Waals surface area contributed by atoms with E-state index in [4.69, 9.17) is 0 Å². The van der Waals surface area contributed by atoms with Gasteiger partial charge in [0.1, 0.15) is 5.65 Å². The first kappa shape index (κ1) is 15.5. The maximum atomic E-state index is 12.3. The zero-order valence-corrected chi connectivity index (χ0v) is 12.9. The van der Waals surface area contributed by atoms with Crippen LogP contribution in [0.2, 0.25) is 0 Å². The molecule has 2 aromatic heterocycles. The highest BCUT2D eigenvalue weighted by atomic mass is 16.6. The van der Waals surface area contributed by atoms with Gasteiger partial charge in [0.2, 0.25) is 5.82 Å². The molecule has 122 valence electrons. The molecule has 1 fully saturated rings. The van der Waals surface area contributed by atoms with E-state index in [1.807, 2.05) is 0 Å². The van der Waals surface area contributed by atoms with Crippen LogP contribution in [0.25, 0.3) is 5.65 Å². The normalized spacial score (nSPS) is 15.1. The van der Waals surface area contributed by atoms with E-state index in [9.17, 15) is 14.9 Å². The van der Waals surface area contributed by atoms with Crippen molar-refractivity contribution in [2.45, 2.75) is 38.5 Å². The van der Waals surface area contributed by atoms with Crippen LogP contribution < -0.4 is 10.9 Å². The number of rotatable bonds is 6. The Morgan fingerprint density at radius 2 is 2.13 bits per heavy atom. The number of nitrogens with zero attached hydrogens (tertiary/aromatic N) is 3. The van der Waals surface area contributed by atoms with Gasteiger partial charge in [-0.2, -0.15) is 0 Å². The Labute approximate surface area is 133 Å². The Hall–Kier alpha value is -2.44. The van der Waals surface area contributed by atoms with Gasteiger partial charge in [-0.25, -0.2) is 4.98 Å². The van der Waals surface area contributed by atoms with Gasteiger partial charge in [-0.05, 0) is 30.9 Å². The van der Waals surface area contributed by atoms with Crippen LogP contribution in [0.15, 0.2) is 29.2 Å². The molecule has 23 heavy (non-hydrogen) atoms. The Balaban J connectivity index is 1.77. The SMILES string of the molecule is O=c1c([N+](=O)[O-])c(NCCCC2CCCC2)nc2ccccn12. The summed E-state index contributed by atoms with van der Waals surface area (Å²) in [6, 6.07) is 5.06. The fourth-order valence-electron chi connectivity index (χ4n) is 3.26. The molecule has 2 heterocycles. The van der Waals surface area contributed by atoms with Crippen LogP contribution in [0.4, 0.5) is 11.5 Å². The van der Waals surface area contributed by atoms with Crippen molar-refractivity contribution >= 4 is 17.2 Å². The van der Waals surface area contributed by atoms with Crippen LogP contribution in [0.5, 0.6) is 0 Å². The first-order valence-corrected chi connectivity index (χ1v) is 8.06. The lowest BCUT2D eigenvalue weighted by Crippen LogP contribution is -2.21. The van der Waals surface area contributed by atoms with E-state index in [0.29, 0.717) is 12.2 Å². The summed E-state index contributed by atoms with van der Waals surface area (Å²) >= 11 is 0. The highest BCUT2D eigenvalue weighted by Crippen LogP contribution is 2.28. The zero-order chi connectivity index (χ0) is 16.2. The topological polar surface area (TPSA) is 89.5 Å². The van der Waals surface area contributed by atoms with E-state index in [2.05, 4.69) is 10.3 Å². The van der Waals surface area contributed by atoms with Gasteiger partial charge in [0.25, 0.3) is 0 Å². The largest absolute Gasteiger partial charge is 0.376 e.